The minimum atomic E-state index is 0. The van der Waals surface area contributed by atoms with Gasteiger partial charge in [-0.05, 0) is 18.2 Å². The number of aromatic nitrogens is 4. The normalized spacial score (nSPS) is 10.6. The molecule has 0 bridgehead atoms. The number of pyridine rings is 1. The molecule has 0 saturated carbocycles. The number of fused-ring (bicyclic) bond motifs is 1. The smallest absolute Gasteiger partial charge is 0.145 e. The summed E-state index contributed by atoms with van der Waals surface area (Å²) in [6.07, 6.45) is 5.84. The van der Waals surface area contributed by atoms with Gasteiger partial charge in [0.05, 0.1) is 11.9 Å². The second-order valence-corrected chi connectivity index (χ2v) is 4.96. The van der Waals surface area contributed by atoms with Crippen molar-refractivity contribution in [1.29, 1.82) is 0 Å². The summed E-state index contributed by atoms with van der Waals surface area (Å²) >= 11 is 0. The Labute approximate surface area is 138 Å². The van der Waals surface area contributed by atoms with Gasteiger partial charge >= 0.3 is 0 Å². The first-order valence-corrected chi connectivity index (χ1v) is 6.75. The van der Waals surface area contributed by atoms with E-state index in [1.165, 1.54) is 0 Å². The van der Waals surface area contributed by atoms with E-state index < -0.39 is 0 Å². The summed E-state index contributed by atoms with van der Waals surface area (Å²) in [7, 11) is 1.91. The van der Waals surface area contributed by atoms with Crippen molar-refractivity contribution in [2.24, 2.45) is 7.05 Å². The van der Waals surface area contributed by atoms with Crippen molar-refractivity contribution in [2.75, 3.05) is 0 Å². The van der Waals surface area contributed by atoms with Gasteiger partial charge in [0.15, 0.2) is 0 Å². The van der Waals surface area contributed by atoms with E-state index in [1.807, 2.05) is 56.0 Å². The second-order valence-electron chi connectivity index (χ2n) is 4.96. The zero-order valence-corrected chi connectivity index (χ0v) is 12.9. The molecule has 0 spiro atoms. The molecule has 3 heterocycles. The van der Waals surface area contributed by atoms with Crippen molar-refractivity contribution in [2.45, 2.75) is 0 Å². The molecule has 3 aromatic heterocycles. The topological polar surface area (TPSA) is 35.6 Å². The van der Waals surface area contributed by atoms with Gasteiger partial charge < -0.3 is 0 Å². The summed E-state index contributed by atoms with van der Waals surface area (Å²) in [6.45, 7) is 0. The van der Waals surface area contributed by atoms with E-state index >= 15 is 0 Å². The standard InChI is InChI=1S/C17H13N4.Co/c1-20-12-15(11-18-20)21-10-9-14-7-8-16(19-17(14)21)13-5-3-2-4-6-13;/h3-12H,1H3;/q-1;. The quantitative estimate of drug-likeness (QED) is 0.529. The molecule has 0 atom stereocenters. The average molecular weight is 332 g/mol. The zero-order valence-electron chi connectivity index (χ0n) is 11.9. The van der Waals surface area contributed by atoms with E-state index in [0.717, 1.165) is 28.0 Å². The van der Waals surface area contributed by atoms with E-state index in [-0.39, 0.29) is 16.8 Å². The first kappa shape index (κ1) is 14.6. The Balaban J connectivity index is 0.00000144. The van der Waals surface area contributed by atoms with Crippen LogP contribution in [0.5, 0.6) is 0 Å². The Kier molecular flexibility index (Phi) is 3.83. The molecule has 111 valence electrons. The number of aryl methyl sites for hydroxylation is 1. The van der Waals surface area contributed by atoms with E-state index in [1.54, 1.807) is 4.68 Å². The largest absolute Gasteiger partial charge is 0.298 e. The van der Waals surface area contributed by atoms with Crippen molar-refractivity contribution >= 4 is 11.0 Å². The number of benzene rings is 1. The Hall–Kier alpha value is -2.37. The number of rotatable bonds is 2. The van der Waals surface area contributed by atoms with E-state index in [0.29, 0.717) is 0 Å². The minimum absolute atomic E-state index is 0. The Morgan fingerprint density at radius 2 is 1.86 bits per heavy atom. The van der Waals surface area contributed by atoms with Crippen LogP contribution in [0.4, 0.5) is 0 Å². The molecule has 5 heteroatoms. The summed E-state index contributed by atoms with van der Waals surface area (Å²) in [6, 6.07) is 17.1. The molecule has 4 aromatic rings. The molecule has 0 aliphatic carbocycles. The minimum Gasteiger partial charge on any atom is -0.298 e. The fraction of sp³-hybridized carbons (Fsp3) is 0.0588. The summed E-state index contributed by atoms with van der Waals surface area (Å²) in [4.78, 5) is 4.80. The van der Waals surface area contributed by atoms with Gasteiger partial charge in [-0.2, -0.15) is 35.4 Å². The molecule has 4 rings (SSSR count). The molecule has 1 aromatic carbocycles. The van der Waals surface area contributed by atoms with Crippen molar-refractivity contribution in [3.63, 3.8) is 0 Å². The fourth-order valence-electron chi connectivity index (χ4n) is 2.47. The summed E-state index contributed by atoms with van der Waals surface area (Å²) in [5.41, 5.74) is 4.00. The van der Waals surface area contributed by atoms with Gasteiger partial charge in [0.1, 0.15) is 5.65 Å². The molecule has 0 N–H and O–H groups in total. The molecule has 0 aliphatic rings. The third kappa shape index (κ3) is 2.45. The van der Waals surface area contributed by atoms with E-state index in [9.17, 15) is 0 Å². The summed E-state index contributed by atoms with van der Waals surface area (Å²) in [5.74, 6) is 0. The molecule has 1 radical (unpaired) electrons. The van der Waals surface area contributed by atoms with Crippen LogP contribution in [0.25, 0.3) is 28.0 Å². The van der Waals surface area contributed by atoms with Gasteiger partial charge in [0.25, 0.3) is 0 Å². The van der Waals surface area contributed by atoms with Crippen LogP contribution in [0, 0.1) is 6.07 Å². The third-order valence-corrected chi connectivity index (χ3v) is 3.52. The molecule has 0 fully saturated rings. The van der Waals surface area contributed by atoms with E-state index in [4.69, 9.17) is 4.98 Å². The van der Waals surface area contributed by atoms with Gasteiger partial charge in [0.2, 0.25) is 0 Å². The maximum Gasteiger partial charge on any atom is 0.145 e. The molecule has 0 unspecified atom stereocenters. The Bertz CT molecular complexity index is 909. The second kappa shape index (κ2) is 5.79. The average Bonchev–Trinajstić information content (AvgIpc) is 3.13. The van der Waals surface area contributed by atoms with Crippen molar-refractivity contribution in [1.82, 2.24) is 19.3 Å². The molecule has 22 heavy (non-hydrogen) atoms. The predicted molar refractivity (Wildman–Crippen MR) is 82.1 cm³/mol. The van der Waals surface area contributed by atoms with Crippen LogP contribution >= 0.6 is 0 Å². The summed E-state index contributed by atoms with van der Waals surface area (Å²) < 4.78 is 3.85. The van der Waals surface area contributed by atoms with Crippen LogP contribution in [-0.2, 0) is 23.8 Å². The first-order valence-electron chi connectivity index (χ1n) is 6.75. The maximum absolute atomic E-state index is 4.80. The molecule has 0 aliphatic heterocycles. The number of hydrogen-bond acceptors (Lipinski definition) is 2. The van der Waals surface area contributed by atoms with Gasteiger partial charge in [-0.25, -0.2) is 4.98 Å². The van der Waals surface area contributed by atoms with Crippen LogP contribution < -0.4 is 0 Å². The molecular formula is C17H13CoN4-. The number of hydrogen-bond donors (Lipinski definition) is 0. The Morgan fingerprint density at radius 3 is 2.59 bits per heavy atom. The van der Waals surface area contributed by atoms with Gasteiger partial charge in [0, 0.05) is 47.3 Å². The van der Waals surface area contributed by atoms with Gasteiger partial charge in [-0.15, -0.1) is 5.56 Å². The molecular weight excluding hydrogens is 319 g/mol. The van der Waals surface area contributed by atoms with Crippen LogP contribution in [0.3, 0.4) is 0 Å². The van der Waals surface area contributed by atoms with Crippen molar-refractivity contribution < 1.29 is 16.8 Å². The van der Waals surface area contributed by atoms with Crippen LogP contribution in [-0.4, -0.2) is 19.3 Å². The molecule has 0 amide bonds. The third-order valence-electron chi connectivity index (χ3n) is 3.52. The first-order chi connectivity index (χ1) is 10.3. The van der Waals surface area contributed by atoms with Crippen LogP contribution in [0.1, 0.15) is 0 Å². The summed E-state index contributed by atoms with van der Waals surface area (Å²) in [5, 5.41) is 5.34. The molecule has 4 nitrogen and oxygen atoms in total. The number of nitrogens with zero attached hydrogens (tertiary/aromatic N) is 4. The monoisotopic (exact) mass is 332 g/mol. The SMILES string of the molecule is Cn1cc(-n2ccc3ccc(-c4cc[c-]cc4)nc32)cn1.[Co]. The van der Waals surface area contributed by atoms with Crippen molar-refractivity contribution in [3.05, 3.63) is 67.1 Å². The fourth-order valence-corrected chi connectivity index (χ4v) is 2.47. The molecule has 0 saturated heterocycles. The van der Waals surface area contributed by atoms with E-state index in [2.05, 4.69) is 27.9 Å². The van der Waals surface area contributed by atoms with Crippen molar-refractivity contribution in [3.8, 4) is 16.9 Å². The van der Waals surface area contributed by atoms with Crippen LogP contribution in [0.2, 0.25) is 0 Å². The Morgan fingerprint density at radius 1 is 1.05 bits per heavy atom. The predicted octanol–water partition coefficient (Wildman–Crippen LogP) is 3.22. The van der Waals surface area contributed by atoms with Crippen LogP contribution in [0.15, 0.2) is 61.1 Å². The maximum atomic E-state index is 4.80. The van der Waals surface area contributed by atoms with Gasteiger partial charge in [-0.1, -0.05) is 0 Å². The van der Waals surface area contributed by atoms with Gasteiger partial charge in [-0.3, -0.25) is 9.25 Å². The zero-order chi connectivity index (χ0) is 14.2.